The van der Waals surface area contributed by atoms with Gasteiger partial charge >= 0.3 is 0 Å². The summed E-state index contributed by atoms with van der Waals surface area (Å²) < 4.78 is 0. The lowest BCUT2D eigenvalue weighted by Gasteiger charge is -2.01. The molecule has 3 heterocycles. The molecule has 0 radical (unpaired) electrons. The van der Waals surface area contributed by atoms with Crippen LogP contribution in [0.3, 0.4) is 0 Å². The third kappa shape index (κ3) is 4.44. The Morgan fingerprint density at radius 2 is 2.10 bits per heavy atom. The highest BCUT2D eigenvalue weighted by Crippen LogP contribution is 2.40. The fourth-order valence-electron chi connectivity index (χ4n) is 1.49. The van der Waals surface area contributed by atoms with Crippen molar-refractivity contribution in [1.29, 1.82) is 0 Å². The number of hydrogen-bond donors (Lipinski definition) is 0. The standard InChI is InChI=1S/C13H10N4S4/c1-2-12(18-7-1)11-3-4-16-13(17-11)20-21-19-9-10-8-14-5-6-15-10/h1-8H,9H2. The van der Waals surface area contributed by atoms with Gasteiger partial charge in [-0.25, -0.2) is 9.97 Å². The highest BCUT2D eigenvalue weighted by molar-refractivity contribution is 9.09. The molecule has 0 saturated carbocycles. The minimum atomic E-state index is 0.776. The third-order valence-corrected chi connectivity index (χ3v) is 6.98. The third-order valence-electron chi connectivity index (χ3n) is 2.39. The molecule has 0 saturated heterocycles. The first-order valence-electron chi connectivity index (χ1n) is 6.00. The van der Waals surface area contributed by atoms with Crippen LogP contribution in [0.15, 0.2) is 53.5 Å². The Hall–Kier alpha value is -1.09. The lowest BCUT2D eigenvalue weighted by Crippen LogP contribution is -1.86. The smallest absolute Gasteiger partial charge is 0.199 e. The molecule has 0 aromatic carbocycles. The summed E-state index contributed by atoms with van der Waals surface area (Å²) in [6.07, 6.45) is 6.98. The number of nitrogens with zero attached hydrogens (tertiary/aromatic N) is 4. The molecule has 4 nitrogen and oxygen atoms in total. The van der Waals surface area contributed by atoms with Gasteiger partial charge in [0.05, 0.1) is 16.3 Å². The molecule has 106 valence electrons. The van der Waals surface area contributed by atoms with E-state index in [4.69, 9.17) is 0 Å². The minimum Gasteiger partial charge on any atom is -0.261 e. The Morgan fingerprint density at radius 1 is 1.10 bits per heavy atom. The lowest BCUT2D eigenvalue weighted by molar-refractivity contribution is 0.981. The largest absolute Gasteiger partial charge is 0.261 e. The molecule has 0 N–H and O–H groups in total. The van der Waals surface area contributed by atoms with E-state index in [1.54, 1.807) is 67.5 Å². The van der Waals surface area contributed by atoms with Crippen LogP contribution in [0.5, 0.6) is 0 Å². The Labute approximate surface area is 138 Å². The second kappa shape index (κ2) is 7.79. The van der Waals surface area contributed by atoms with E-state index in [-0.39, 0.29) is 0 Å². The van der Waals surface area contributed by atoms with Gasteiger partial charge in [0.1, 0.15) is 0 Å². The molecule has 21 heavy (non-hydrogen) atoms. The Bertz CT molecular complexity index is 676. The minimum absolute atomic E-state index is 0.776. The van der Waals surface area contributed by atoms with Crippen LogP contribution in [-0.2, 0) is 5.75 Å². The summed E-state index contributed by atoms with van der Waals surface area (Å²) in [5.41, 5.74) is 1.95. The van der Waals surface area contributed by atoms with Crippen molar-refractivity contribution in [2.75, 3.05) is 0 Å². The summed E-state index contributed by atoms with van der Waals surface area (Å²) in [6, 6.07) is 6.03. The van der Waals surface area contributed by atoms with Gasteiger partial charge in [0.2, 0.25) is 0 Å². The molecule has 0 aliphatic heterocycles. The molecule has 0 bridgehead atoms. The average Bonchev–Trinajstić information content (AvgIpc) is 3.07. The summed E-state index contributed by atoms with van der Waals surface area (Å²) >= 11 is 1.68. The molecule has 3 rings (SSSR count). The van der Waals surface area contributed by atoms with E-state index in [0.29, 0.717) is 0 Å². The molecule has 0 amide bonds. The zero-order valence-electron chi connectivity index (χ0n) is 10.7. The molecular formula is C13H10N4S4. The zero-order valence-corrected chi connectivity index (χ0v) is 14.0. The Kier molecular flexibility index (Phi) is 5.50. The van der Waals surface area contributed by atoms with E-state index in [9.17, 15) is 0 Å². The molecule has 0 atom stereocenters. The molecular weight excluding hydrogens is 340 g/mol. The Balaban J connectivity index is 1.53. The number of rotatable bonds is 6. The van der Waals surface area contributed by atoms with Gasteiger partial charge in [0, 0.05) is 30.5 Å². The van der Waals surface area contributed by atoms with Crippen LogP contribution in [0.1, 0.15) is 5.69 Å². The molecule has 0 unspecified atom stereocenters. The quantitative estimate of drug-likeness (QED) is 0.366. The van der Waals surface area contributed by atoms with Crippen molar-refractivity contribution in [3.8, 4) is 10.6 Å². The number of hydrogen-bond acceptors (Lipinski definition) is 8. The first-order chi connectivity index (χ1) is 10.4. The van der Waals surface area contributed by atoms with Crippen molar-refractivity contribution in [2.24, 2.45) is 0 Å². The predicted octanol–water partition coefficient (Wildman–Crippen LogP) is 4.58. The van der Waals surface area contributed by atoms with Crippen LogP contribution >= 0.6 is 42.8 Å². The first kappa shape index (κ1) is 14.8. The van der Waals surface area contributed by atoms with Crippen molar-refractivity contribution in [3.63, 3.8) is 0 Å². The van der Waals surface area contributed by atoms with Gasteiger partial charge in [-0.1, -0.05) is 16.9 Å². The fraction of sp³-hybridized carbons (Fsp3) is 0.0769. The summed E-state index contributed by atoms with van der Waals surface area (Å²) in [7, 11) is 4.92. The molecule has 0 fully saturated rings. The molecule has 0 aliphatic carbocycles. The monoisotopic (exact) mass is 350 g/mol. The van der Waals surface area contributed by atoms with Crippen LogP contribution in [-0.4, -0.2) is 19.9 Å². The molecule has 3 aromatic heterocycles. The van der Waals surface area contributed by atoms with Crippen molar-refractivity contribution in [3.05, 3.63) is 54.1 Å². The van der Waals surface area contributed by atoms with Gasteiger partial charge in [0.25, 0.3) is 0 Å². The maximum atomic E-state index is 4.56. The SMILES string of the molecule is c1csc(-c2ccnc(SSSCc3cnccn3)n2)c1. The van der Waals surface area contributed by atoms with E-state index < -0.39 is 0 Å². The molecule has 0 spiro atoms. The van der Waals surface area contributed by atoms with E-state index >= 15 is 0 Å². The summed E-state index contributed by atoms with van der Waals surface area (Å²) in [4.78, 5) is 18.3. The second-order valence-electron chi connectivity index (χ2n) is 3.81. The highest BCUT2D eigenvalue weighted by atomic mass is 33.5. The first-order valence-corrected chi connectivity index (χ1v) is 10.5. The van der Waals surface area contributed by atoms with Crippen LogP contribution in [0.25, 0.3) is 10.6 Å². The van der Waals surface area contributed by atoms with Gasteiger partial charge in [0.15, 0.2) is 5.16 Å². The van der Waals surface area contributed by atoms with Gasteiger partial charge < -0.3 is 0 Å². The van der Waals surface area contributed by atoms with Gasteiger partial charge in [-0.3, -0.25) is 9.97 Å². The summed E-state index contributed by atoms with van der Waals surface area (Å²) in [6.45, 7) is 0. The van der Waals surface area contributed by atoms with E-state index in [1.165, 1.54) is 0 Å². The number of thiophene rings is 1. The molecule has 8 heteroatoms. The van der Waals surface area contributed by atoms with Crippen LogP contribution < -0.4 is 0 Å². The normalized spacial score (nSPS) is 10.7. The maximum absolute atomic E-state index is 4.56. The Morgan fingerprint density at radius 3 is 2.90 bits per heavy atom. The van der Waals surface area contributed by atoms with Crippen LogP contribution in [0.2, 0.25) is 0 Å². The van der Waals surface area contributed by atoms with Crippen molar-refractivity contribution in [2.45, 2.75) is 10.9 Å². The van der Waals surface area contributed by atoms with Gasteiger partial charge in [-0.15, -0.1) is 11.3 Å². The summed E-state index contributed by atoms with van der Waals surface area (Å²) in [5, 5.41) is 2.83. The lowest BCUT2D eigenvalue weighted by atomic mass is 10.3. The zero-order chi connectivity index (χ0) is 14.3. The van der Waals surface area contributed by atoms with Crippen molar-refractivity contribution >= 4 is 42.8 Å². The van der Waals surface area contributed by atoms with Gasteiger partial charge in [-0.05, 0) is 38.1 Å². The van der Waals surface area contributed by atoms with Crippen molar-refractivity contribution < 1.29 is 0 Å². The average molecular weight is 351 g/mol. The highest BCUT2D eigenvalue weighted by Gasteiger charge is 2.04. The second-order valence-corrected chi connectivity index (χ2v) is 8.79. The summed E-state index contributed by atoms with van der Waals surface area (Å²) in [5.74, 6) is 0.816. The fourth-order valence-corrected chi connectivity index (χ4v) is 5.34. The number of aromatic nitrogens is 4. The maximum Gasteiger partial charge on any atom is 0.199 e. The molecule has 0 aliphatic rings. The van der Waals surface area contributed by atoms with E-state index in [1.807, 2.05) is 12.1 Å². The molecule has 3 aromatic rings. The van der Waals surface area contributed by atoms with Crippen molar-refractivity contribution in [1.82, 2.24) is 19.9 Å². The predicted molar refractivity (Wildman–Crippen MR) is 92.1 cm³/mol. The van der Waals surface area contributed by atoms with E-state index in [0.717, 1.165) is 27.2 Å². The van der Waals surface area contributed by atoms with Gasteiger partial charge in [-0.2, -0.15) is 0 Å². The van der Waals surface area contributed by atoms with E-state index in [2.05, 4.69) is 31.4 Å². The van der Waals surface area contributed by atoms with Crippen LogP contribution in [0, 0.1) is 0 Å². The van der Waals surface area contributed by atoms with Crippen LogP contribution in [0.4, 0.5) is 0 Å². The topological polar surface area (TPSA) is 51.6 Å².